The molecule has 1 aliphatic heterocycles. The van der Waals surface area contributed by atoms with E-state index in [1.165, 1.54) is 12.5 Å². The van der Waals surface area contributed by atoms with Crippen LogP contribution in [-0.2, 0) is 42.3 Å². The van der Waals surface area contributed by atoms with Crippen molar-refractivity contribution in [3.8, 4) is 0 Å². The Morgan fingerprint density at radius 3 is 2.00 bits per heavy atom. The molecule has 1 heterocycles. The minimum Gasteiger partial charge on any atom is -0.659 e. The fourth-order valence-corrected chi connectivity index (χ4v) is 2.88. The maximum Gasteiger partial charge on any atom is 0.225 e. The summed E-state index contributed by atoms with van der Waals surface area (Å²) in [7, 11) is 0. The van der Waals surface area contributed by atoms with Crippen molar-refractivity contribution < 1.29 is 42.3 Å². The molecule has 0 N–H and O–H groups in total. The number of allylic oxidation sites excluding steroid dienone is 1. The summed E-state index contributed by atoms with van der Waals surface area (Å²) in [6.45, 7) is 10.9. The van der Waals surface area contributed by atoms with Crippen LogP contribution in [-0.4, -0.2) is 42.8 Å². The van der Waals surface area contributed by atoms with Gasteiger partial charge in [-0.05, 0) is 31.8 Å². The first-order valence-electron chi connectivity index (χ1n) is 8.22. The zero-order valence-electron chi connectivity index (χ0n) is 14.1. The molecule has 0 aromatic carbocycles. The number of ketones is 1. The van der Waals surface area contributed by atoms with Crippen LogP contribution in [0.4, 0.5) is 0 Å². The zero-order chi connectivity index (χ0) is 15.7. The van der Waals surface area contributed by atoms with Gasteiger partial charge in [-0.1, -0.05) is 26.8 Å². The van der Waals surface area contributed by atoms with Crippen LogP contribution < -0.4 is 0 Å². The van der Waals surface area contributed by atoms with Crippen molar-refractivity contribution in [1.29, 1.82) is 0 Å². The molecular weight excluding hydrogens is 353 g/mol. The fourth-order valence-electron chi connectivity index (χ4n) is 2.88. The molecular formula is C17H29N2O2Y-. The summed E-state index contributed by atoms with van der Waals surface area (Å²) in [5, 5.41) is 4.25. The Kier molecular flexibility index (Phi) is 12.3. The third-order valence-electron chi connectivity index (χ3n) is 4.05. The largest absolute Gasteiger partial charge is 0.659 e. The van der Waals surface area contributed by atoms with Crippen LogP contribution in [0.2, 0.25) is 0 Å². The third kappa shape index (κ3) is 7.01. The molecule has 22 heavy (non-hydrogen) atoms. The third-order valence-corrected chi connectivity index (χ3v) is 4.05. The molecule has 123 valence electrons. The number of piperazine rings is 1. The van der Waals surface area contributed by atoms with E-state index in [1.807, 2.05) is 4.90 Å². The van der Waals surface area contributed by atoms with Crippen LogP contribution in [0.25, 0.3) is 5.32 Å². The number of carbonyl (C=O) groups is 2. The summed E-state index contributed by atoms with van der Waals surface area (Å²) in [5.41, 5.74) is 0. The molecule has 2 fully saturated rings. The van der Waals surface area contributed by atoms with Gasteiger partial charge in [0.1, 0.15) is 0 Å². The van der Waals surface area contributed by atoms with Crippen LogP contribution >= 0.6 is 0 Å². The predicted octanol–water partition coefficient (Wildman–Crippen LogP) is 3.18. The van der Waals surface area contributed by atoms with E-state index in [4.69, 9.17) is 0 Å². The molecule has 0 atom stereocenters. The Morgan fingerprint density at radius 2 is 1.55 bits per heavy atom. The molecule has 0 spiro atoms. The summed E-state index contributed by atoms with van der Waals surface area (Å²) >= 11 is 0. The van der Waals surface area contributed by atoms with Crippen LogP contribution in [0.5, 0.6) is 0 Å². The van der Waals surface area contributed by atoms with Gasteiger partial charge in [0.2, 0.25) is 5.91 Å². The molecule has 2 rings (SSSR count). The molecule has 5 heteroatoms. The van der Waals surface area contributed by atoms with E-state index in [-0.39, 0.29) is 56.2 Å². The topological polar surface area (TPSA) is 51.5 Å². The normalized spacial score (nSPS) is 24.4. The molecule has 2 aliphatic rings. The Morgan fingerprint density at radius 1 is 1.09 bits per heavy atom. The van der Waals surface area contributed by atoms with Crippen molar-refractivity contribution in [2.24, 2.45) is 11.8 Å². The second-order valence-electron chi connectivity index (χ2n) is 5.86. The van der Waals surface area contributed by atoms with Gasteiger partial charge in [0, 0.05) is 57.6 Å². The van der Waals surface area contributed by atoms with E-state index in [2.05, 4.69) is 25.7 Å². The van der Waals surface area contributed by atoms with Crippen molar-refractivity contribution in [1.82, 2.24) is 4.90 Å². The minimum absolute atomic E-state index is 0. The Bertz CT molecular complexity index is 347. The van der Waals surface area contributed by atoms with Crippen molar-refractivity contribution in [3.05, 3.63) is 18.0 Å². The SMILES string of the molecule is C=CC(=O)C1CCC(C(=O)N2CC[N-]CC2)CC1.CCC.[Y]. The number of nitrogens with zero attached hydrogens (tertiary/aromatic N) is 2. The van der Waals surface area contributed by atoms with Gasteiger partial charge in [-0.15, -0.1) is 13.1 Å². The van der Waals surface area contributed by atoms with Crippen LogP contribution in [0.15, 0.2) is 12.7 Å². The van der Waals surface area contributed by atoms with Gasteiger partial charge in [0.05, 0.1) is 0 Å². The second-order valence-corrected chi connectivity index (χ2v) is 5.86. The van der Waals surface area contributed by atoms with E-state index < -0.39 is 0 Å². The monoisotopic (exact) mass is 382 g/mol. The van der Waals surface area contributed by atoms with E-state index in [0.717, 1.165) is 51.9 Å². The number of amides is 1. The summed E-state index contributed by atoms with van der Waals surface area (Å²) < 4.78 is 0. The molecule has 1 aliphatic carbocycles. The Hall–Kier alpha value is -0.0561. The van der Waals surface area contributed by atoms with Gasteiger partial charge in [0.25, 0.3) is 0 Å². The van der Waals surface area contributed by atoms with Crippen molar-refractivity contribution in [2.75, 3.05) is 26.2 Å². The minimum atomic E-state index is 0. The van der Waals surface area contributed by atoms with Crippen LogP contribution in [0, 0.1) is 11.8 Å². The van der Waals surface area contributed by atoms with Gasteiger partial charge in [0.15, 0.2) is 5.78 Å². The quantitative estimate of drug-likeness (QED) is 0.704. The first kappa shape index (κ1) is 21.9. The number of hydrogen-bond donors (Lipinski definition) is 0. The van der Waals surface area contributed by atoms with E-state index in [9.17, 15) is 9.59 Å². The standard InChI is InChI=1S/C14H21N2O2.C3H8.Y/c1-2-13(17)11-3-5-12(6-4-11)14(18)16-9-7-15-8-10-16;1-3-2;/h2,11-12H,1,3-10H2;3H2,1-2H3;/q-1;;. The van der Waals surface area contributed by atoms with Crippen molar-refractivity contribution in [2.45, 2.75) is 46.0 Å². The van der Waals surface area contributed by atoms with Crippen molar-refractivity contribution >= 4 is 11.7 Å². The average molecular weight is 382 g/mol. The van der Waals surface area contributed by atoms with Crippen LogP contribution in [0.1, 0.15) is 46.0 Å². The Balaban J connectivity index is 0.00000102. The number of carbonyl (C=O) groups excluding carboxylic acids is 2. The van der Waals surface area contributed by atoms with Crippen molar-refractivity contribution in [3.63, 3.8) is 0 Å². The molecule has 1 amide bonds. The van der Waals surface area contributed by atoms with Gasteiger partial charge in [-0.3, -0.25) is 9.59 Å². The summed E-state index contributed by atoms with van der Waals surface area (Å²) in [6.07, 6.45) is 6.02. The zero-order valence-corrected chi connectivity index (χ0v) is 16.9. The molecule has 0 aromatic heterocycles. The number of hydrogen-bond acceptors (Lipinski definition) is 2. The summed E-state index contributed by atoms with van der Waals surface area (Å²) in [6, 6.07) is 0. The average Bonchev–Trinajstić information content (AvgIpc) is 2.55. The van der Waals surface area contributed by atoms with E-state index in [1.54, 1.807) is 0 Å². The summed E-state index contributed by atoms with van der Waals surface area (Å²) in [4.78, 5) is 25.7. The molecule has 0 bridgehead atoms. The maximum absolute atomic E-state index is 12.3. The fraction of sp³-hybridized carbons (Fsp3) is 0.765. The second kappa shape index (κ2) is 12.4. The Labute approximate surface area is 160 Å². The van der Waals surface area contributed by atoms with Gasteiger partial charge in [-0.2, -0.15) is 0 Å². The van der Waals surface area contributed by atoms with Crippen LogP contribution in [0.3, 0.4) is 0 Å². The van der Waals surface area contributed by atoms with Gasteiger partial charge in [-0.25, -0.2) is 0 Å². The van der Waals surface area contributed by atoms with E-state index in [0.29, 0.717) is 0 Å². The first-order chi connectivity index (χ1) is 10.1. The summed E-state index contributed by atoms with van der Waals surface area (Å²) in [5.74, 6) is 0.631. The molecule has 0 aromatic rings. The maximum atomic E-state index is 12.3. The first-order valence-corrected chi connectivity index (χ1v) is 8.22. The smallest absolute Gasteiger partial charge is 0.225 e. The molecule has 1 saturated heterocycles. The number of rotatable bonds is 3. The van der Waals surface area contributed by atoms with Gasteiger partial charge >= 0.3 is 0 Å². The molecule has 4 nitrogen and oxygen atoms in total. The van der Waals surface area contributed by atoms with E-state index >= 15 is 0 Å². The molecule has 0 unspecified atom stereocenters. The predicted molar refractivity (Wildman–Crippen MR) is 86.3 cm³/mol. The molecule has 1 saturated carbocycles. The molecule has 1 radical (unpaired) electrons. The van der Waals surface area contributed by atoms with Gasteiger partial charge < -0.3 is 10.2 Å².